The Morgan fingerprint density at radius 3 is 1.98 bits per heavy atom. The SMILES string of the molecule is C1=CC(N(c2ccccc2)c2ccc3c(c2)C2(c4ccccc4-3)c3ccccc3-c3cccc4ccc(-c5ccccc5)c2c34)Cc2c1sc1ccccc21. The van der Waals surface area contributed by atoms with Gasteiger partial charge in [-0.05, 0) is 120 Å². The fourth-order valence-corrected chi connectivity index (χ4v) is 11.4. The molecular weight excluding hydrogens is 683 g/mol. The van der Waals surface area contributed by atoms with Gasteiger partial charge in [0.25, 0.3) is 0 Å². The predicted molar refractivity (Wildman–Crippen MR) is 233 cm³/mol. The van der Waals surface area contributed by atoms with E-state index in [0.717, 1.165) is 6.42 Å². The third-order valence-corrected chi connectivity index (χ3v) is 13.6. The van der Waals surface area contributed by atoms with E-state index < -0.39 is 5.41 Å². The highest BCUT2D eigenvalue weighted by atomic mass is 32.1. The minimum Gasteiger partial charge on any atom is -0.334 e. The molecule has 1 spiro atoms. The van der Waals surface area contributed by atoms with Crippen molar-refractivity contribution in [2.75, 3.05) is 4.90 Å². The molecule has 0 saturated carbocycles. The molecule has 3 aliphatic carbocycles. The van der Waals surface area contributed by atoms with E-state index in [1.165, 1.54) is 98.3 Å². The Morgan fingerprint density at radius 1 is 0.509 bits per heavy atom. The van der Waals surface area contributed by atoms with Crippen molar-refractivity contribution in [2.24, 2.45) is 0 Å². The van der Waals surface area contributed by atoms with Crippen molar-refractivity contribution in [3.8, 4) is 33.4 Å². The summed E-state index contributed by atoms with van der Waals surface area (Å²) in [7, 11) is 0. The second kappa shape index (κ2) is 11.8. The Hall–Kier alpha value is -6.48. The van der Waals surface area contributed by atoms with Crippen LogP contribution in [-0.4, -0.2) is 6.04 Å². The first-order valence-electron chi connectivity index (χ1n) is 19.3. The van der Waals surface area contributed by atoms with Gasteiger partial charge in [0.15, 0.2) is 0 Å². The summed E-state index contributed by atoms with van der Waals surface area (Å²) in [5.74, 6) is 0. The Bertz CT molecular complexity index is 3030. The fraction of sp³-hybridized carbons (Fsp3) is 0.0566. The van der Waals surface area contributed by atoms with Crippen LogP contribution in [0.4, 0.5) is 11.4 Å². The van der Waals surface area contributed by atoms with Crippen molar-refractivity contribution >= 4 is 49.6 Å². The van der Waals surface area contributed by atoms with E-state index in [9.17, 15) is 0 Å². The fourth-order valence-electron chi connectivity index (χ4n) is 10.2. The molecule has 1 nitrogen and oxygen atoms in total. The predicted octanol–water partition coefficient (Wildman–Crippen LogP) is 13.8. The molecule has 0 bridgehead atoms. The van der Waals surface area contributed by atoms with Crippen LogP contribution in [0.3, 0.4) is 0 Å². The smallest absolute Gasteiger partial charge is 0.0732 e. The number of nitrogens with zero attached hydrogens (tertiary/aromatic N) is 1. The number of hydrogen-bond donors (Lipinski definition) is 0. The lowest BCUT2D eigenvalue weighted by molar-refractivity contribution is 0.760. The lowest BCUT2D eigenvalue weighted by Gasteiger charge is -2.42. The van der Waals surface area contributed by atoms with E-state index in [-0.39, 0.29) is 6.04 Å². The maximum atomic E-state index is 2.59. The average molecular weight is 718 g/mol. The van der Waals surface area contributed by atoms with Crippen LogP contribution in [0, 0.1) is 0 Å². The van der Waals surface area contributed by atoms with Crippen LogP contribution < -0.4 is 4.90 Å². The molecule has 2 atom stereocenters. The molecule has 0 N–H and O–H groups in total. The van der Waals surface area contributed by atoms with Gasteiger partial charge >= 0.3 is 0 Å². The monoisotopic (exact) mass is 717 g/mol. The average Bonchev–Trinajstić information content (AvgIpc) is 3.77. The zero-order chi connectivity index (χ0) is 36.1. The van der Waals surface area contributed by atoms with Crippen LogP contribution in [0.15, 0.2) is 188 Å². The molecule has 0 amide bonds. The van der Waals surface area contributed by atoms with Crippen molar-refractivity contribution in [3.63, 3.8) is 0 Å². The summed E-state index contributed by atoms with van der Waals surface area (Å²) in [4.78, 5) is 3.97. The summed E-state index contributed by atoms with van der Waals surface area (Å²) in [5, 5.41) is 4.01. The van der Waals surface area contributed by atoms with Crippen LogP contribution in [-0.2, 0) is 11.8 Å². The van der Waals surface area contributed by atoms with E-state index in [0.29, 0.717) is 0 Å². The molecule has 3 aliphatic rings. The van der Waals surface area contributed by atoms with Crippen molar-refractivity contribution in [1.29, 1.82) is 0 Å². The van der Waals surface area contributed by atoms with E-state index in [4.69, 9.17) is 0 Å². The molecule has 1 aromatic heterocycles. The van der Waals surface area contributed by atoms with E-state index in [1.54, 1.807) is 0 Å². The second-order valence-electron chi connectivity index (χ2n) is 15.1. The summed E-state index contributed by atoms with van der Waals surface area (Å²) in [6.45, 7) is 0. The molecule has 12 rings (SSSR count). The summed E-state index contributed by atoms with van der Waals surface area (Å²) >= 11 is 1.91. The summed E-state index contributed by atoms with van der Waals surface area (Å²) in [6.07, 6.45) is 5.75. The maximum absolute atomic E-state index is 2.59. The summed E-state index contributed by atoms with van der Waals surface area (Å²) < 4.78 is 1.36. The molecular formula is C53H35NS. The minimum atomic E-state index is -0.543. The molecule has 2 unspecified atom stereocenters. The van der Waals surface area contributed by atoms with Crippen LogP contribution in [0.25, 0.3) is 60.3 Å². The van der Waals surface area contributed by atoms with Crippen molar-refractivity contribution in [3.05, 3.63) is 221 Å². The largest absolute Gasteiger partial charge is 0.334 e. The molecule has 9 aromatic rings. The number of para-hydroxylation sites is 1. The molecule has 0 radical (unpaired) electrons. The molecule has 55 heavy (non-hydrogen) atoms. The first kappa shape index (κ1) is 30.9. The van der Waals surface area contributed by atoms with Gasteiger partial charge in [0.1, 0.15) is 0 Å². The topological polar surface area (TPSA) is 3.24 Å². The van der Waals surface area contributed by atoms with Gasteiger partial charge in [0.05, 0.1) is 11.5 Å². The zero-order valence-corrected chi connectivity index (χ0v) is 30.9. The second-order valence-corrected chi connectivity index (χ2v) is 16.2. The lowest BCUT2D eigenvalue weighted by Crippen LogP contribution is -2.34. The third kappa shape index (κ3) is 4.29. The third-order valence-electron chi connectivity index (χ3n) is 12.4. The minimum absolute atomic E-state index is 0.147. The Balaban J connectivity index is 1.16. The van der Waals surface area contributed by atoms with Gasteiger partial charge in [-0.2, -0.15) is 0 Å². The van der Waals surface area contributed by atoms with Gasteiger partial charge in [-0.1, -0.05) is 158 Å². The normalized spacial score (nSPS) is 17.2. The lowest BCUT2D eigenvalue weighted by atomic mass is 9.60. The number of anilines is 2. The molecule has 8 aromatic carbocycles. The van der Waals surface area contributed by atoms with Gasteiger partial charge in [-0.3, -0.25) is 0 Å². The summed E-state index contributed by atoms with van der Waals surface area (Å²) in [6, 6.07) is 68.4. The van der Waals surface area contributed by atoms with Crippen LogP contribution >= 0.6 is 11.3 Å². The highest BCUT2D eigenvalue weighted by Gasteiger charge is 2.51. The Kier molecular flexibility index (Phi) is 6.61. The van der Waals surface area contributed by atoms with Gasteiger partial charge in [0.2, 0.25) is 0 Å². The van der Waals surface area contributed by atoms with Crippen LogP contribution in [0.2, 0.25) is 0 Å². The van der Waals surface area contributed by atoms with E-state index in [1.807, 2.05) is 11.3 Å². The van der Waals surface area contributed by atoms with Gasteiger partial charge in [-0.25, -0.2) is 0 Å². The van der Waals surface area contributed by atoms with Crippen LogP contribution in [0.5, 0.6) is 0 Å². The van der Waals surface area contributed by atoms with Gasteiger partial charge in [-0.15, -0.1) is 11.3 Å². The van der Waals surface area contributed by atoms with E-state index >= 15 is 0 Å². The molecule has 0 fully saturated rings. The zero-order valence-electron chi connectivity index (χ0n) is 30.1. The highest BCUT2D eigenvalue weighted by molar-refractivity contribution is 7.20. The highest BCUT2D eigenvalue weighted by Crippen LogP contribution is 2.64. The molecule has 258 valence electrons. The Morgan fingerprint density at radius 2 is 1.16 bits per heavy atom. The molecule has 0 saturated heterocycles. The first-order valence-corrected chi connectivity index (χ1v) is 20.1. The molecule has 0 aliphatic heterocycles. The van der Waals surface area contributed by atoms with Crippen molar-refractivity contribution in [1.82, 2.24) is 0 Å². The van der Waals surface area contributed by atoms with Crippen molar-refractivity contribution in [2.45, 2.75) is 17.9 Å². The quantitative estimate of drug-likeness (QED) is 0.175. The first-order chi connectivity index (χ1) is 27.3. The van der Waals surface area contributed by atoms with Gasteiger partial charge < -0.3 is 4.90 Å². The molecule has 2 heteroatoms. The van der Waals surface area contributed by atoms with Gasteiger partial charge in [0, 0.05) is 21.0 Å². The van der Waals surface area contributed by atoms with E-state index in [2.05, 4.69) is 199 Å². The van der Waals surface area contributed by atoms with Crippen molar-refractivity contribution < 1.29 is 0 Å². The molecule has 1 heterocycles. The number of rotatable bonds is 4. The number of benzene rings is 8. The number of thiophene rings is 1. The Labute approximate surface area is 325 Å². The van der Waals surface area contributed by atoms with Crippen LogP contribution in [0.1, 0.15) is 32.7 Å². The summed E-state index contributed by atoms with van der Waals surface area (Å²) in [5.41, 5.74) is 16.5. The number of fused-ring (bicyclic) bond motifs is 12. The number of hydrogen-bond acceptors (Lipinski definition) is 2. The standard InChI is InChI=1S/C53H35NS/c1-3-14-34(15-4-1)39-29-26-35-16-13-22-44-41-20-8-11-24-47(41)53(52(39)51(35)44)46-23-10-7-19-40(46)42-30-27-38(33-48(42)53)54(36-17-5-2-6-18-36)37-28-31-50-45(32-37)43-21-9-12-25-49(43)55-50/h1-31,33,37H,32H2. The maximum Gasteiger partial charge on any atom is 0.0732 e.